The number of nitrogens with zero attached hydrogens (tertiary/aromatic N) is 3. The summed E-state index contributed by atoms with van der Waals surface area (Å²) in [6.45, 7) is 0. The van der Waals surface area contributed by atoms with Crippen LogP contribution < -0.4 is 19.5 Å². The smallest absolute Gasteiger partial charge is 0.230 e. The van der Waals surface area contributed by atoms with Gasteiger partial charge in [-0.2, -0.15) is 0 Å². The number of rotatable bonds is 9. The van der Waals surface area contributed by atoms with Crippen LogP contribution in [0.3, 0.4) is 0 Å². The first-order valence-electron chi connectivity index (χ1n) is 11.8. The number of carbonyl (C=O) groups excluding carboxylic acids is 1. The van der Waals surface area contributed by atoms with Crippen LogP contribution in [0.1, 0.15) is 63.8 Å². The minimum absolute atomic E-state index is 0.0689. The van der Waals surface area contributed by atoms with E-state index in [1.807, 2.05) is 12.1 Å². The summed E-state index contributed by atoms with van der Waals surface area (Å²) in [5, 5.41) is 13.0. The molecule has 1 N–H and O–H groups in total. The molecule has 0 atom stereocenters. The molecule has 9 heteroatoms. The number of aromatic nitrogens is 3. The van der Waals surface area contributed by atoms with Gasteiger partial charge in [0.05, 0.1) is 27.1 Å². The van der Waals surface area contributed by atoms with Crippen molar-refractivity contribution in [2.24, 2.45) is 0 Å². The molecule has 0 radical (unpaired) electrons. The van der Waals surface area contributed by atoms with E-state index in [1.165, 1.54) is 43.9 Å². The lowest BCUT2D eigenvalue weighted by atomic mass is 9.95. The third-order valence-electron chi connectivity index (χ3n) is 6.58. The Morgan fingerprint density at radius 2 is 1.61 bits per heavy atom. The van der Waals surface area contributed by atoms with E-state index in [0.717, 1.165) is 42.2 Å². The van der Waals surface area contributed by atoms with Gasteiger partial charge in [-0.3, -0.25) is 9.36 Å². The first-order chi connectivity index (χ1) is 16.1. The summed E-state index contributed by atoms with van der Waals surface area (Å²) in [4.78, 5) is 12.5. The van der Waals surface area contributed by atoms with Gasteiger partial charge in [-0.1, -0.05) is 43.9 Å². The average molecular weight is 475 g/mol. The number of amides is 1. The van der Waals surface area contributed by atoms with E-state index in [1.54, 1.807) is 21.3 Å². The number of benzene rings is 1. The van der Waals surface area contributed by atoms with Crippen molar-refractivity contribution in [3.63, 3.8) is 0 Å². The second kappa shape index (κ2) is 11.1. The Bertz CT molecular complexity index is 927. The maximum absolute atomic E-state index is 12.5. The van der Waals surface area contributed by atoms with Crippen LogP contribution in [0, 0.1) is 0 Å². The van der Waals surface area contributed by atoms with Crippen molar-refractivity contribution in [1.29, 1.82) is 0 Å². The lowest BCUT2D eigenvalue weighted by molar-refractivity contribution is -0.119. The number of methoxy groups -OCH3 is 3. The lowest BCUT2D eigenvalue weighted by Gasteiger charge is -2.26. The highest BCUT2D eigenvalue weighted by Crippen LogP contribution is 2.43. The third kappa shape index (κ3) is 5.39. The topological polar surface area (TPSA) is 87.5 Å². The van der Waals surface area contributed by atoms with Crippen molar-refractivity contribution in [2.45, 2.75) is 75.0 Å². The van der Waals surface area contributed by atoms with Crippen LogP contribution >= 0.6 is 11.8 Å². The summed E-state index contributed by atoms with van der Waals surface area (Å²) in [7, 11) is 4.81. The molecule has 4 rings (SSSR count). The van der Waals surface area contributed by atoms with Gasteiger partial charge in [0.15, 0.2) is 22.5 Å². The number of thioether (sulfide) groups is 1. The summed E-state index contributed by atoms with van der Waals surface area (Å²) < 4.78 is 18.8. The van der Waals surface area contributed by atoms with Crippen molar-refractivity contribution in [2.75, 3.05) is 27.1 Å². The molecule has 2 aliphatic rings. The highest BCUT2D eigenvalue weighted by Gasteiger charge is 2.26. The van der Waals surface area contributed by atoms with Gasteiger partial charge < -0.3 is 19.5 Å². The predicted molar refractivity (Wildman–Crippen MR) is 128 cm³/mol. The zero-order valence-corrected chi connectivity index (χ0v) is 20.6. The van der Waals surface area contributed by atoms with Crippen LogP contribution in [-0.4, -0.2) is 53.8 Å². The second-order valence-electron chi connectivity index (χ2n) is 8.72. The SMILES string of the molecule is COc1cc(-c2nnc(SCC(=O)NC3CCCC3)n2C2CCCCC2)cc(OC)c1OC. The highest BCUT2D eigenvalue weighted by molar-refractivity contribution is 7.99. The molecular formula is C24H34N4O4S. The molecule has 2 aliphatic carbocycles. The van der Waals surface area contributed by atoms with Gasteiger partial charge in [0.1, 0.15) is 0 Å². The van der Waals surface area contributed by atoms with Crippen LogP contribution in [0.25, 0.3) is 11.4 Å². The molecule has 2 aromatic rings. The summed E-state index contributed by atoms with van der Waals surface area (Å²) in [5.41, 5.74) is 0.852. The molecule has 0 unspecified atom stereocenters. The van der Waals surface area contributed by atoms with Gasteiger partial charge in [0.2, 0.25) is 11.7 Å². The minimum Gasteiger partial charge on any atom is -0.493 e. The fourth-order valence-electron chi connectivity index (χ4n) is 4.92. The van der Waals surface area contributed by atoms with E-state index in [4.69, 9.17) is 14.2 Å². The lowest BCUT2D eigenvalue weighted by Crippen LogP contribution is -2.33. The van der Waals surface area contributed by atoms with Gasteiger partial charge in [-0.15, -0.1) is 10.2 Å². The molecule has 1 aromatic heterocycles. The van der Waals surface area contributed by atoms with Gasteiger partial charge in [0.25, 0.3) is 0 Å². The van der Waals surface area contributed by atoms with E-state index in [-0.39, 0.29) is 5.91 Å². The van der Waals surface area contributed by atoms with Crippen molar-refractivity contribution in [3.05, 3.63) is 12.1 Å². The van der Waals surface area contributed by atoms with E-state index in [0.29, 0.717) is 35.1 Å². The fraction of sp³-hybridized carbons (Fsp3) is 0.625. The first kappa shape index (κ1) is 23.7. The monoisotopic (exact) mass is 474 g/mol. The Morgan fingerprint density at radius 1 is 0.970 bits per heavy atom. The molecule has 180 valence electrons. The molecule has 0 saturated heterocycles. The molecule has 1 amide bonds. The maximum atomic E-state index is 12.5. The number of ether oxygens (including phenoxy) is 3. The predicted octanol–water partition coefficient (Wildman–Crippen LogP) is 4.63. The largest absolute Gasteiger partial charge is 0.493 e. The van der Waals surface area contributed by atoms with Crippen molar-refractivity contribution < 1.29 is 19.0 Å². The molecule has 0 bridgehead atoms. The molecule has 33 heavy (non-hydrogen) atoms. The molecule has 1 heterocycles. The standard InChI is InChI=1S/C24H34N4O4S/c1-30-19-13-16(14-20(31-2)22(19)32-3)23-26-27-24(28(23)18-11-5-4-6-12-18)33-15-21(29)25-17-9-7-8-10-17/h13-14,17-18H,4-12,15H2,1-3H3,(H,25,29). The molecule has 0 aliphatic heterocycles. The molecule has 2 saturated carbocycles. The normalized spacial score (nSPS) is 17.2. The Labute approximate surface area is 199 Å². The van der Waals surface area contributed by atoms with Crippen LogP contribution in [-0.2, 0) is 4.79 Å². The van der Waals surface area contributed by atoms with E-state index >= 15 is 0 Å². The molecular weight excluding hydrogens is 440 g/mol. The number of nitrogens with one attached hydrogen (secondary N) is 1. The van der Waals surface area contributed by atoms with Crippen molar-refractivity contribution in [3.8, 4) is 28.6 Å². The van der Waals surface area contributed by atoms with Crippen LogP contribution in [0.2, 0.25) is 0 Å². The summed E-state index contributed by atoms with van der Waals surface area (Å²) in [6.07, 6.45) is 10.4. The van der Waals surface area contributed by atoms with Crippen molar-refractivity contribution in [1.82, 2.24) is 20.1 Å². The molecule has 8 nitrogen and oxygen atoms in total. The fourth-order valence-corrected chi connectivity index (χ4v) is 5.74. The van der Waals surface area contributed by atoms with E-state index < -0.39 is 0 Å². The Kier molecular flexibility index (Phi) is 8.01. The maximum Gasteiger partial charge on any atom is 0.230 e. The zero-order valence-electron chi connectivity index (χ0n) is 19.8. The molecule has 0 spiro atoms. The Hall–Kier alpha value is -2.42. The number of carbonyl (C=O) groups is 1. The van der Waals surface area contributed by atoms with Crippen LogP contribution in [0.4, 0.5) is 0 Å². The van der Waals surface area contributed by atoms with Gasteiger partial charge in [-0.25, -0.2) is 0 Å². The van der Waals surface area contributed by atoms with Crippen LogP contribution in [0.15, 0.2) is 17.3 Å². The highest BCUT2D eigenvalue weighted by atomic mass is 32.2. The molecule has 2 fully saturated rings. The number of hydrogen-bond acceptors (Lipinski definition) is 7. The van der Waals surface area contributed by atoms with E-state index in [2.05, 4.69) is 20.1 Å². The molecule has 1 aromatic carbocycles. The Balaban J connectivity index is 1.63. The summed E-state index contributed by atoms with van der Waals surface area (Å²) in [5.74, 6) is 2.88. The summed E-state index contributed by atoms with van der Waals surface area (Å²) in [6, 6.07) is 4.45. The zero-order chi connectivity index (χ0) is 23.2. The van der Waals surface area contributed by atoms with E-state index in [9.17, 15) is 4.79 Å². The Morgan fingerprint density at radius 3 is 2.21 bits per heavy atom. The quantitative estimate of drug-likeness (QED) is 0.530. The first-order valence-corrected chi connectivity index (χ1v) is 12.8. The summed E-state index contributed by atoms with van der Waals surface area (Å²) >= 11 is 1.47. The van der Waals surface area contributed by atoms with Crippen LogP contribution in [0.5, 0.6) is 17.2 Å². The average Bonchev–Trinajstić information content (AvgIpc) is 3.52. The number of hydrogen-bond donors (Lipinski definition) is 1. The third-order valence-corrected chi connectivity index (χ3v) is 7.52. The second-order valence-corrected chi connectivity index (χ2v) is 9.66. The van der Waals surface area contributed by atoms with Gasteiger partial charge >= 0.3 is 0 Å². The minimum atomic E-state index is 0.0689. The van der Waals surface area contributed by atoms with Gasteiger partial charge in [0, 0.05) is 17.6 Å². The van der Waals surface area contributed by atoms with Crippen molar-refractivity contribution >= 4 is 17.7 Å². The van der Waals surface area contributed by atoms with Gasteiger partial charge in [-0.05, 0) is 37.8 Å².